The van der Waals surface area contributed by atoms with Crippen LogP contribution in [0.4, 0.5) is 0 Å². The number of carbonyl (C=O) groups excluding carboxylic acids is 1. The smallest absolute Gasteiger partial charge is 0.270 e. The highest BCUT2D eigenvalue weighted by Crippen LogP contribution is 2.04. The van der Waals surface area contributed by atoms with E-state index < -0.39 is 0 Å². The lowest BCUT2D eigenvalue weighted by atomic mass is 10.2. The molecule has 1 unspecified atom stereocenters. The van der Waals surface area contributed by atoms with Gasteiger partial charge in [-0.05, 0) is 24.8 Å². The largest absolute Gasteiger partial charge is 0.347 e. The van der Waals surface area contributed by atoms with E-state index in [2.05, 4.69) is 10.3 Å². The first-order valence-electron chi connectivity index (χ1n) is 5.37. The molecule has 1 aromatic rings. The summed E-state index contributed by atoms with van der Waals surface area (Å²) in [6, 6.07) is 5.29. The van der Waals surface area contributed by atoms with Gasteiger partial charge in [-0.25, -0.2) is 4.98 Å². The van der Waals surface area contributed by atoms with Crippen LogP contribution in [0.1, 0.15) is 29.4 Å². The fraction of sp³-hybridized carbons (Fsp3) is 0.417. The van der Waals surface area contributed by atoms with Crippen molar-refractivity contribution < 1.29 is 4.79 Å². The number of nitriles is 1. The number of thioether (sulfide) groups is 1. The molecule has 0 saturated carbocycles. The van der Waals surface area contributed by atoms with Crippen LogP contribution < -0.4 is 5.32 Å². The summed E-state index contributed by atoms with van der Waals surface area (Å²) in [7, 11) is 0. The van der Waals surface area contributed by atoms with E-state index in [0.717, 1.165) is 12.2 Å². The average molecular weight is 249 g/mol. The molecule has 1 atom stereocenters. The molecule has 17 heavy (non-hydrogen) atoms. The Kier molecular flexibility index (Phi) is 5.50. The Morgan fingerprint density at radius 2 is 2.41 bits per heavy atom. The molecule has 0 saturated heterocycles. The molecule has 0 radical (unpaired) electrons. The Bertz CT molecular complexity index is 411. The van der Waals surface area contributed by atoms with Crippen molar-refractivity contribution >= 4 is 17.7 Å². The van der Waals surface area contributed by atoms with Gasteiger partial charge in [0.25, 0.3) is 5.91 Å². The van der Waals surface area contributed by atoms with Gasteiger partial charge < -0.3 is 5.32 Å². The molecule has 0 aromatic carbocycles. The number of rotatable bonds is 5. The number of nitrogens with one attached hydrogen (secondary N) is 1. The highest BCUT2D eigenvalue weighted by Gasteiger charge is 2.12. The zero-order valence-electron chi connectivity index (χ0n) is 9.93. The zero-order chi connectivity index (χ0) is 12.7. The molecule has 0 aliphatic carbocycles. The third kappa shape index (κ3) is 4.08. The van der Waals surface area contributed by atoms with Gasteiger partial charge in [0.2, 0.25) is 0 Å². The van der Waals surface area contributed by atoms with E-state index in [9.17, 15) is 4.79 Å². The highest BCUT2D eigenvalue weighted by molar-refractivity contribution is 7.98. The minimum Gasteiger partial charge on any atom is -0.347 e. The third-order valence-corrected chi connectivity index (χ3v) is 3.06. The van der Waals surface area contributed by atoms with Crippen LogP contribution in [0.2, 0.25) is 0 Å². The molecular formula is C12H15N3OS. The predicted octanol–water partition coefficient (Wildman–Crippen LogP) is 1.82. The van der Waals surface area contributed by atoms with E-state index in [-0.39, 0.29) is 11.9 Å². The summed E-state index contributed by atoms with van der Waals surface area (Å²) in [5, 5.41) is 11.5. The zero-order valence-corrected chi connectivity index (χ0v) is 10.8. The molecule has 1 heterocycles. The highest BCUT2D eigenvalue weighted by atomic mass is 32.2. The SMILES string of the molecule is CCC(CSC)NC(=O)c1ccc(C#N)cn1. The molecule has 90 valence electrons. The summed E-state index contributed by atoms with van der Waals surface area (Å²) < 4.78 is 0. The molecule has 1 amide bonds. The second kappa shape index (κ2) is 6.92. The Hall–Kier alpha value is -1.54. The summed E-state index contributed by atoms with van der Waals surface area (Å²) in [4.78, 5) is 15.8. The molecule has 5 heteroatoms. The van der Waals surface area contributed by atoms with Gasteiger partial charge in [0.1, 0.15) is 11.8 Å². The maximum atomic E-state index is 11.8. The van der Waals surface area contributed by atoms with Crippen molar-refractivity contribution in [2.24, 2.45) is 0 Å². The van der Waals surface area contributed by atoms with Crippen molar-refractivity contribution in [3.8, 4) is 6.07 Å². The van der Waals surface area contributed by atoms with Crippen molar-refractivity contribution in [1.82, 2.24) is 10.3 Å². The number of aromatic nitrogens is 1. The first-order chi connectivity index (χ1) is 8.21. The summed E-state index contributed by atoms with van der Waals surface area (Å²) in [5.41, 5.74) is 0.807. The lowest BCUT2D eigenvalue weighted by Gasteiger charge is -2.15. The Morgan fingerprint density at radius 3 is 2.88 bits per heavy atom. The summed E-state index contributed by atoms with van der Waals surface area (Å²) in [6.07, 6.45) is 4.31. The molecule has 0 spiro atoms. The summed E-state index contributed by atoms with van der Waals surface area (Å²) in [5.74, 6) is 0.703. The van der Waals surface area contributed by atoms with Crippen molar-refractivity contribution in [2.75, 3.05) is 12.0 Å². The van der Waals surface area contributed by atoms with Gasteiger partial charge in [-0.15, -0.1) is 0 Å². The monoisotopic (exact) mass is 249 g/mol. The maximum absolute atomic E-state index is 11.8. The van der Waals surface area contributed by atoms with Crippen LogP contribution in [0.25, 0.3) is 0 Å². The molecule has 1 rings (SSSR count). The molecular weight excluding hydrogens is 234 g/mol. The Labute approximate surface area is 105 Å². The van der Waals surface area contributed by atoms with Gasteiger partial charge in [0.15, 0.2) is 0 Å². The fourth-order valence-corrected chi connectivity index (χ4v) is 2.04. The molecule has 0 aliphatic heterocycles. The second-order valence-electron chi connectivity index (χ2n) is 3.58. The van der Waals surface area contributed by atoms with Crippen molar-refractivity contribution in [1.29, 1.82) is 5.26 Å². The number of hydrogen-bond acceptors (Lipinski definition) is 4. The predicted molar refractivity (Wildman–Crippen MR) is 68.9 cm³/mol. The summed E-state index contributed by atoms with van der Waals surface area (Å²) in [6.45, 7) is 2.04. The van der Waals surface area contributed by atoms with Crippen molar-refractivity contribution in [2.45, 2.75) is 19.4 Å². The minimum atomic E-state index is -0.185. The van der Waals surface area contributed by atoms with E-state index in [1.807, 2.05) is 19.2 Å². The van der Waals surface area contributed by atoms with Crippen LogP contribution >= 0.6 is 11.8 Å². The average Bonchev–Trinajstić information content (AvgIpc) is 2.38. The number of pyridine rings is 1. The third-order valence-electron chi connectivity index (χ3n) is 2.32. The molecule has 0 aliphatic rings. The molecule has 1 N–H and O–H groups in total. The van der Waals surface area contributed by atoms with Gasteiger partial charge >= 0.3 is 0 Å². The molecule has 0 fully saturated rings. The Balaban J connectivity index is 2.66. The van der Waals surface area contributed by atoms with Gasteiger partial charge in [-0.3, -0.25) is 4.79 Å². The van der Waals surface area contributed by atoms with Gasteiger partial charge in [-0.1, -0.05) is 6.92 Å². The quantitative estimate of drug-likeness (QED) is 0.864. The fourth-order valence-electron chi connectivity index (χ4n) is 1.32. The van der Waals surface area contributed by atoms with E-state index in [4.69, 9.17) is 5.26 Å². The number of hydrogen-bond donors (Lipinski definition) is 1. The standard InChI is InChI=1S/C12H15N3OS/c1-3-10(8-17-2)15-12(16)11-5-4-9(6-13)7-14-11/h4-5,7,10H,3,8H2,1-2H3,(H,15,16). The summed E-state index contributed by atoms with van der Waals surface area (Å²) >= 11 is 1.70. The topological polar surface area (TPSA) is 65.8 Å². The van der Waals surface area contributed by atoms with Crippen molar-refractivity contribution in [3.05, 3.63) is 29.6 Å². The second-order valence-corrected chi connectivity index (χ2v) is 4.49. The van der Waals surface area contributed by atoms with Crippen LogP contribution in [0.5, 0.6) is 0 Å². The number of nitrogens with zero attached hydrogens (tertiary/aromatic N) is 2. The lowest BCUT2D eigenvalue weighted by Crippen LogP contribution is -2.36. The first kappa shape index (κ1) is 13.5. The van der Waals surface area contributed by atoms with E-state index in [0.29, 0.717) is 11.3 Å². The van der Waals surface area contributed by atoms with E-state index >= 15 is 0 Å². The van der Waals surface area contributed by atoms with Crippen LogP contribution in [0.3, 0.4) is 0 Å². The Morgan fingerprint density at radius 1 is 1.65 bits per heavy atom. The minimum absolute atomic E-state index is 0.162. The number of carbonyl (C=O) groups is 1. The van der Waals surface area contributed by atoms with Gasteiger partial charge in [0.05, 0.1) is 5.56 Å². The molecule has 4 nitrogen and oxygen atoms in total. The normalized spacial score (nSPS) is 11.6. The van der Waals surface area contributed by atoms with Gasteiger partial charge in [-0.2, -0.15) is 17.0 Å². The number of amides is 1. The lowest BCUT2D eigenvalue weighted by molar-refractivity contribution is 0.0935. The van der Waals surface area contributed by atoms with Gasteiger partial charge in [0, 0.05) is 18.0 Å². The molecule has 1 aromatic heterocycles. The first-order valence-corrected chi connectivity index (χ1v) is 6.76. The van der Waals surface area contributed by atoms with Crippen LogP contribution in [-0.4, -0.2) is 28.9 Å². The van der Waals surface area contributed by atoms with Crippen molar-refractivity contribution in [3.63, 3.8) is 0 Å². The van der Waals surface area contributed by atoms with E-state index in [1.165, 1.54) is 6.20 Å². The maximum Gasteiger partial charge on any atom is 0.270 e. The van der Waals surface area contributed by atoms with E-state index in [1.54, 1.807) is 23.9 Å². The van der Waals surface area contributed by atoms with Crippen LogP contribution in [-0.2, 0) is 0 Å². The van der Waals surface area contributed by atoms with Crippen LogP contribution in [0.15, 0.2) is 18.3 Å². The molecule has 0 bridgehead atoms. The van der Waals surface area contributed by atoms with Crippen LogP contribution in [0, 0.1) is 11.3 Å².